The predicted octanol–water partition coefficient (Wildman–Crippen LogP) is 1.09. The SMILES string of the molecule is C=CCO/N=C(\C(=O)N[C@@H]1C(=O)N2C(C(=O)O)=C(/C=C3\CCN(CC(F)(F)F)C3=O)CS[C@H]12)c1csc(N)n1. The number of nitrogens with two attached hydrogens (primary N) is 1. The summed E-state index contributed by atoms with van der Waals surface area (Å²) in [6.07, 6.45) is -1.93. The highest BCUT2D eigenvalue weighted by Gasteiger charge is 2.54. The zero-order valence-corrected chi connectivity index (χ0v) is 21.6. The molecule has 0 unspecified atom stereocenters. The number of alkyl halides is 3. The Morgan fingerprint density at radius 1 is 1.38 bits per heavy atom. The van der Waals surface area contributed by atoms with Crippen LogP contribution in [0, 0.1) is 0 Å². The van der Waals surface area contributed by atoms with Gasteiger partial charge in [-0.2, -0.15) is 13.2 Å². The number of carboxylic acids is 1. The average Bonchev–Trinajstić information content (AvgIpc) is 3.44. The number of thioether (sulfide) groups is 1. The summed E-state index contributed by atoms with van der Waals surface area (Å²) in [6, 6.07) is -1.11. The molecule has 4 N–H and O–H groups in total. The van der Waals surface area contributed by atoms with Gasteiger partial charge in [-0.25, -0.2) is 9.78 Å². The maximum Gasteiger partial charge on any atom is 0.406 e. The van der Waals surface area contributed by atoms with Crippen molar-refractivity contribution in [1.29, 1.82) is 0 Å². The fourth-order valence-corrected chi connectivity index (χ4v) is 5.95. The number of aromatic nitrogens is 1. The van der Waals surface area contributed by atoms with E-state index in [9.17, 15) is 37.5 Å². The lowest BCUT2D eigenvalue weighted by Crippen LogP contribution is -2.71. The number of carbonyl (C=O) groups is 4. The van der Waals surface area contributed by atoms with Gasteiger partial charge in [0.25, 0.3) is 11.8 Å². The van der Waals surface area contributed by atoms with E-state index in [0.717, 1.165) is 28.0 Å². The van der Waals surface area contributed by atoms with Crippen molar-refractivity contribution in [3.05, 3.63) is 46.6 Å². The molecule has 208 valence electrons. The Morgan fingerprint density at radius 2 is 2.13 bits per heavy atom. The number of carboxylic acid groups (broad SMARTS) is 1. The highest BCUT2D eigenvalue weighted by atomic mass is 32.2. The van der Waals surface area contributed by atoms with Gasteiger partial charge in [-0.15, -0.1) is 23.1 Å². The molecule has 0 aliphatic carbocycles. The van der Waals surface area contributed by atoms with Crippen LogP contribution in [0.4, 0.5) is 18.3 Å². The van der Waals surface area contributed by atoms with Crippen LogP contribution in [-0.2, 0) is 24.0 Å². The first-order valence-electron chi connectivity index (χ1n) is 11.2. The van der Waals surface area contributed by atoms with E-state index in [4.69, 9.17) is 10.6 Å². The van der Waals surface area contributed by atoms with Crippen LogP contribution in [0.2, 0.25) is 0 Å². The highest BCUT2D eigenvalue weighted by Crippen LogP contribution is 2.41. The van der Waals surface area contributed by atoms with E-state index in [2.05, 4.69) is 22.0 Å². The molecular weight excluding hydrogens is 565 g/mol. The van der Waals surface area contributed by atoms with Crippen molar-refractivity contribution < 1.29 is 42.3 Å². The van der Waals surface area contributed by atoms with E-state index in [-0.39, 0.29) is 53.0 Å². The van der Waals surface area contributed by atoms with Gasteiger partial charge >= 0.3 is 12.1 Å². The molecular formula is C22H21F3N6O6S2. The van der Waals surface area contributed by atoms with Crippen molar-refractivity contribution in [2.24, 2.45) is 5.16 Å². The first-order valence-corrected chi connectivity index (χ1v) is 13.1. The standard InChI is InChI=1S/C22H21F3N6O6S2/c1-2-5-37-29-13(12-8-39-21(26)27-12)16(32)28-14-18(34)31-15(20(35)36)11(7-38-19(14)31)6-10-3-4-30(17(10)33)9-22(23,24)25/h2,6,8,14,19H,1,3-5,7,9H2,(H2,26,27)(H,28,32)(H,35,36)/b10-6+,29-13-/t14-,19-/m1/s1. The van der Waals surface area contributed by atoms with Gasteiger partial charge in [0.05, 0.1) is 0 Å². The number of aliphatic carboxylic acids is 1. The molecule has 3 aliphatic heterocycles. The molecule has 0 spiro atoms. The third-order valence-electron chi connectivity index (χ3n) is 5.75. The second kappa shape index (κ2) is 11.1. The maximum absolute atomic E-state index is 13.0. The average molecular weight is 587 g/mol. The first-order chi connectivity index (χ1) is 18.4. The Balaban J connectivity index is 1.53. The molecule has 0 saturated carbocycles. The summed E-state index contributed by atoms with van der Waals surface area (Å²) in [7, 11) is 0. The number of allylic oxidation sites excluding steroid dienone is 1. The number of carbonyl (C=O) groups excluding carboxylic acids is 3. The number of likely N-dealkylation sites (tertiary alicyclic amines) is 1. The summed E-state index contributed by atoms with van der Waals surface area (Å²) in [5, 5.41) is 17.0. The monoisotopic (exact) mass is 586 g/mol. The van der Waals surface area contributed by atoms with Crippen LogP contribution in [0.15, 0.2) is 46.1 Å². The van der Waals surface area contributed by atoms with Crippen LogP contribution < -0.4 is 11.1 Å². The molecule has 0 bridgehead atoms. The van der Waals surface area contributed by atoms with E-state index >= 15 is 0 Å². The Kier molecular flexibility index (Phi) is 8.01. The zero-order chi connectivity index (χ0) is 28.5. The Hall–Kier alpha value is -3.86. The van der Waals surface area contributed by atoms with Crippen molar-refractivity contribution in [2.75, 3.05) is 31.2 Å². The molecule has 12 nitrogen and oxygen atoms in total. The minimum Gasteiger partial charge on any atom is -0.477 e. The van der Waals surface area contributed by atoms with E-state index in [1.165, 1.54) is 17.5 Å². The van der Waals surface area contributed by atoms with Gasteiger partial charge in [-0.1, -0.05) is 17.8 Å². The number of hydrogen-bond donors (Lipinski definition) is 3. The maximum atomic E-state index is 13.0. The van der Waals surface area contributed by atoms with Crippen molar-refractivity contribution >= 4 is 57.6 Å². The summed E-state index contributed by atoms with van der Waals surface area (Å²) < 4.78 is 38.2. The molecule has 39 heavy (non-hydrogen) atoms. The first kappa shape index (κ1) is 28.2. The molecule has 1 aromatic heterocycles. The van der Waals surface area contributed by atoms with E-state index in [1.54, 1.807) is 0 Å². The molecule has 2 saturated heterocycles. The van der Waals surface area contributed by atoms with Crippen LogP contribution in [0.1, 0.15) is 12.1 Å². The fraction of sp³-hybridized carbons (Fsp3) is 0.364. The third-order valence-corrected chi connectivity index (χ3v) is 7.72. The molecule has 0 radical (unpaired) electrons. The van der Waals surface area contributed by atoms with Gasteiger partial charge in [-0.3, -0.25) is 19.3 Å². The predicted molar refractivity (Wildman–Crippen MR) is 134 cm³/mol. The molecule has 1 aromatic rings. The van der Waals surface area contributed by atoms with Crippen molar-refractivity contribution in [1.82, 2.24) is 20.1 Å². The van der Waals surface area contributed by atoms with Gasteiger partial charge in [0.2, 0.25) is 5.91 Å². The second-order valence-corrected chi connectivity index (χ2v) is 10.4. The van der Waals surface area contributed by atoms with Crippen molar-refractivity contribution in [2.45, 2.75) is 24.0 Å². The summed E-state index contributed by atoms with van der Waals surface area (Å²) >= 11 is 2.18. The Bertz CT molecular complexity index is 1320. The number of nitrogens with zero attached hydrogens (tertiary/aromatic N) is 4. The summed E-state index contributed by atoms with van der Waals surface area (Å²) in [5.74, 6) is -3.80. The topological polar surface area (TPSA) is 168 Å². The molecule has 3 aliphatic rings. The minimum atomic E-state index is -4.57. The number of anilines is 1. The second-order valence-electron chi connectivity index (χ2n) is 8.40. The largest absolute Gasteiger partial charge is 0.477 e. The van der Waals surface area contributed by atoms with Gasteiger partial charge in [0, 0.05) is 23.3 Å². The lowest BCUT2D eigenvalue weighted by Gasteiger charge is -2.49. The zero-order valence-electron chi connectivity index (χ0n) is 19.9. The van der Waals surface area contributed by atoms with Crippen LogP contribution in [0.3, 0.4) is 0 Å². The number of oxime groups is 1. The van der Waals surface area contributed by atoms with E-state index in [1.807, 2.05) is 0 Å². The number of fused-ring (bicyclic) bond motifs is 1. The highest BCUT2D eigenvalue weighted by molar-refractivity contribution is 8.00. The number of nitrogens with one attached hydrogen (secondary N) is 1. The molecule has 4 heterocycles. The summed E-state index contributed by atoms with van der Waals surface area (Å²) in [5.41, 5.74) is 5.22. The molecule has 4 rings (SSSR count). The lowest BCUT2D eigenvalue weighted by atomic mass is 10.0. The minimum absolute atomic E-state index is 0.00318. The third kappa shape index (κ3) is 5.93. The van der Waals surface area contributed by atoms with Crippen LogP contribution in [-0.4, -0.2) is 92.3 Å². The Morgan fingerprint density at radius 3 is 2.74 bits per heavy atom. The number of halogens is 3. The van der Waals surface area contributed by atoms with Crippen molar-refractivity contribution in [3.8, 4) is 0 Å². The molecule has 2 fully saturated rings. The fourth-order valence-electron chi connectivity index (χ4n) is 4.10. The number of nitrogen functional groups attached to an aromatic ring is 1. The smallest absolute Gasteiger partial charge is 0.406 e. The summed E-state index contributed by atoms with van der Waals surface area (Å²) in [4.78, 5) is 61.1. The van der Waals surface area contributed by atoms with Crippen LogP contribution in [0.5, 0.6) is 0 Å². The van der Waals surface area contributed by atoms with Gasteiger partial charge in [0.15, 0.2) is 10.8 Å². The number of amides is 3. The van der Waals surface area contributed by atoms with E-state index in [0.29, 0.717) is 4.90 Å². The molecule has 2 atom stereocenters. The number of hydrogen-bond acceptors (Lipinski definition) is 10. The lowest BCUT2D eigenvalue weighted by molar-refractivity contribution is -0.156. The normalized spacial score (nSPS) is 22.6. The number of thiazole rings is 1. The quantitative estimate of drug-likeness (QED) is 0.0958. The Labute approximate surface area is 227 Å². The number of β-lactam (4-membered cyclic amide) rings is 1. The summed E-state index contributed by atoms with van der Waals surface area (Å²) in [6.45, 7) is 1.91. The van der Waals surface area contributed by atoms with Crippen molar-refractivity contribution in [3.63, 3.8) is 0 Å². The van der Waals surface area contributed by atoms with Gasteiger partial charge in [-0.05, 0) is 18.1 Å². The van der Waals surface area contributed by atoms with E-state index < -0.39 is 53.5 Å². The molecule has 0 aromatic carbocycles. The van der Waals surface area contributed by atoms with Crippen LogP contribution in [0.25, 0.3) is 0 Å². The molecule has 3 amide bonds. The van der Waals surface area contributed by atoms with Crippen LogP contribution >= 0.6 is 23.1 Å². The van der Waals surface area contributed by atoms with Gasteiger partial charge < -0.3 is 25.9 Å². The van der Waals surface area contributed by atoms with Gasteiger partial charge in [0.1, 0.15) is 36.0 Å². The molecule has 17 heteroatoms. The number of rotatable bonds is 9.